The Kier molecular flexibility index (Phi) is 4.24. The van der Waals surface area contributed by atoms with Gasteiger partial charge in [0.05, 0.1) is 12.8 Å². The van der Waals surface area contributed by atoms with Gasteiger partial charge in [-0.15, -0.1) is 16.4 Å². The maximum absolute atomic E-state index is 12.0. The number of methoxy groups -OCH3 is 1. The van der Waals surface area contributed by atoms with Crippen molar-refractivity contribution in [2.45, 2.75) is 10.9 Å². The molecule has 4 rings (SSSR count). The number of fused-ring (bicyclic) bond motifs is 1. The van der Waals surface area contributed by atoms with Crippen LogP contribution in [-0.4, -0.2) is 31.7 Å². The van der Waals surface area contributed by atoms with Crippen molar-refractivity contribution in [1.29, 1.82) is 0 Å². The average Bonchev–Trinajstić information content (AvgIpc) is 3.29. The highest BCUT2D eigenvalue weighted by Gasteiger charge is 2.09. The summed E-state index contributed by atoms with van der Waals surface area (Å²) in [6.45, 7) is 0. The molecule has 0 fully saturated rings. The molecule has 0 saturated heterocycles. The fourth-order valence-corrected chi connectivity index (χ4v) is 3.72. The van der Waals surface area contributed by atoms with E-state index >= 15 is 0 Å². The molecule has 0 unspecified atom stereocenters. The molecule has 0 atom stereocenters. The zero-order valence-electron chi connectivity index (χ0n) is 13.2. The second kappa shape index (κ2) is 6.69. The molecule has 9 heteroatoms. The van der Waals surface area contributed by atoms with Crippen LogP contribution in [0.25, 0.3) is 16.3 Å². The van der Waals surface area contributed by atoms with Gasteiger partial charge in [-0.1, -0.05) is 11.8 Å². The topological polar surface area (TPSA) is 85.2 Å². The Morgan fingerprint density at radius 1 is 1.28 bits per heavy atom. The number of nitrogens with zero attached hydrogens (tertiary/aromatic N) is 4. The van der Waals surface area contributed by atoms with Crippen molar-refractivity contribution >= 4 is 28.1 Å². The summed E-state index contributed by atoms with van der Waals surface area (Å²) in [5, 5.41) is 9.59. The van der Waals surface area contributed by atoms with E-state index in [0.29, 0.717) is 27.4 Å². The second-order valence-corrected chi connectivity index (χ2v) is 6.94. The Hall–Kier alpha value is -2.65. The number of aromatic nitrogens is 5. The molecular weight excluding hydrogens is 358 g/mol. The quantitative estimate of drug-likeness (QED) is 0.543. The van der Waals surface area contributed by atoms with Gasteiger partial charge in [0.2, 0.25) is 5.16 Å². The van der Waals surface area contributed by atoms with Crippen LogP contribution in [0.2, 0.25) is 0 Å². The van der Waals surface area contributed by atoms with Crippen LogP contribution in [-0.2, 0) is 5.75 Å². The highest BCUT2D eigenvalue weighted by Crippen LogP contribution is 2.23. The molecule has 25 heavy (non-hydrogen) atoms. The summed E-state index contributed by atoms with van der Waals surface area (Å²) in [5.74, 6) is 2.01. The van der Waals surface area contributed by atoms with Gasteiger partial charge in [0.1, 0.15) is 5.75 Å². The van der Waals surface area contributed by atoms with E-state index in [1.807, 2.05) is 29.6 Å². The maximum Gasteiger partial charge on any atom is 0.258 e. The number of hydrogen-bond acceptors (Lipinski definition) is 7. The Morgan fingerprint density at radius 3 is 2.92 bits per heavy atom. The first-order valence-electron chi connectivity index (χ1n) is 7.38. The van der Waals surface area contributed by atoms with Crippen LogP contribution in [0.1, 0.15) is 5.69 Å². The van der Waals surface area contributed by atoms with Crippen LogP contribution in [0.15, 0.2) is 51.9 Å². The first kappa shape index (κ1) is 15.9. The molecule has 1 aromatic carbocycles. The van der Waals surface area contributed by atoms with E-state index in [2.05, 4.69) is 20.2 Å². The molecule has 126 valence electrons. The predicted molar refractivity (Wildman–Crippen MR) is 97.3 cm³/mol. The van der Waals surface area contributed by atoms with Crippen molar-refractivity contribution in [3.8, 4) is 17.1 Å². The number of thiazole rings is 1. The monoisotopic (exact) mass is 371 g/mol. The molecule has 4 aromatic rings. The fraction of sp³-hybridized carbons (Fsp3) is 0.125. The summed E-state index contributed by atoms with van der Waals surface area (Å²) in [4.78, 5) is 21.6. The average molecular weight is 371 g/mol. The molecule has 0 aliphatic heterocycles. The molecule has 3 heterocycles. The smallest absolute Gasteiger partial charge is 0.258 e. The van der Waals surface area contributed by atoms with Crippen LogP contribution in [0.5, 0.6) is 5.75 Å². The van der Waals surface area contributed by atoms with Crippen LogP contribution in [0.3, 0.4) is 0 Å². The van der Waals surface area contributed by atoms with Crippen molar-refractivity contribution in [3.63, 3.8) is 0 Å². The standard InChI is InChI=1S/C16H13N5O2S2/c1-23-12-4-2-10(3-5-12)14-18-15(20-19-14)25-9-11-8-13(22)21-6-7-24-16(21)17-11/h2-8H,9H2,1H3,(H,18,19,20). The number of aromatic amines is 1. The minimum Gasteiger partial charge on any atom is -0.497 e. The number of rotatable bonds is 5. The normalized spacial score (nSPS) is 11.1. The number of nitrogens with one attached hydrogen (secondary N) is 1. The van der Waals surface area contributed by atoms with Crippen molar-refractivity contribution in [1.82, 2.24) is 24.6 Å². The highest BCUT2D eigenvalue weighted by atomic mass is 32.2. The number of benzene rings is 1. The zero-order valence-corrected chi connectivity index (χ0v) is 14.8. The number of ether oxygens (including phenoxy) is 1. The summed E-state index contributed by atoms with van der Waals surface area (Å²) in [5.41, 5.74) is 1.57. The van der Waals surface area contributed by atoms with E-state index in [9.17, 15) is 4.79 Å². The van der Waals surface area contributed by atoms with Gasteiger partial charge in [-0.25, -0.2) is 9.97 Å². The fourth-order valence-electron chi connectivity index (χ4n) is 2.29. The van der Waals surface area contributed by atoms with Gasteiger partial charge in [0.15, 0.2) is 10.8 Å². The zero-order chi connectivity index (χ0) is 17.2. The molecule has 0 amide bonds. The maximum atomic E-state index is 12.0. The molecule has 0 spiro atoms. The number of H-pyrrole nitrogens is 1. The largest absolute Gasteiger partial charge is 0.497 e. The molecule has 0 radical (unpaired) electrons. The Morgan fingerprint density at radius 2 is 2.12 bits per heavy atom. The van der Waals surface area contributed by atoms with E-state index in [4.69, 9.17) is 4.74 Å². The summed E-state index contributed by atoms with van der Waals surface area (Å²) in [6, 6.07) is 9.13. The van der Waals surface area contributed by atoms with E-state index < -0.39 is 0 Å². The summed E-state index contributed by atoms with van der Waals surface area (Å²) >= 11 is 2.87. The van der Waals surface area contributed by atoms with Gasteiger partial charge >= 0.3 is 0 Å². The van der Waals surface area contributed by atoms with Crippen molar-refractivity contribution < 1.29 is 4.74 Å². The molecule has 0 saturated carbocycles. The first-order chi connectivity index (χ1) is 12.2. The van der Waals surface area contributed by atoms with E-state index in [1.165, 1.54) is 27.5 Å². The molecule has 0 bridgehead atoms. The number of hydrogen-bond donors (Lipinski definition) is 1. The van der Waals surface area contributed by atoms with E-state index in [0.717, 1.165) is 11.3 Å². The van der Waals surface area contributed by atoms with Gasteiger partial charge in [-0.2, -0.15) is 0 Å². The minimum atomic E-state index is -0.0734. The van der Waals surface area contributed by atoms with E-state index in [1.54, 1.807) is 19.4 Å². The van der Waals surface area contributed by atoms with Crippen molar-refractivity contribution in [2.24, 2.45) is 0 Å². The molecule has 3 aromatic heterocycles. The Bertz CT molecular complexity index is 1070. The van der Waals surface area contributed by atoms with Crippen molar-refractivity contribution in [2.75, 3.05) is 7.11 Å². The molecular formula is C16H13N5O2S2. The lowest BCUT2D eigenvalue weighted by atomic mass is 10.2. The Balaban J connectivity index is 1.49. The third kappa shape index (κ3) is 3.28. The number of thioether (sulfide) groups is 1. The second-order valence-electron chi connectivity index (χ2n) is 5.13. The summed E-state index contributed by atoms with van der Waals surface area (Å²) in [7, 11) is 1.63. The molecule has 1 N–H and O–H groups in total. The van der Waals surface area contributed by atoms with Crippen LogP contribution >= 0.6 is 23.1 Å². The first-order valence-corrected chi connectivity index (χ1v) is 9.25. The van der Waals surface area contributed by atoms with Gasteiger partial charge in [-0.05, 0) is 24.3 Å². The third-order valence-corrected chi connectivity index (χ3v) is 5.17. The van der Waals surface area contributed by atoms with Crippen LogP contribution in [0, 0.1) is 0 Å². The minimum absolute atomic E-state index is 0.0734. The van der Waals surface area contributed by atoms with Gasteiger partial charge in [0.25, 0.3) is 5.56 Å². The predicted octanol–water partition coefficient (Wildman–Crippen LogP) is 2.84. The molecule has 0 aliphatic rings. The summed E-state index contributed by atoms with van der Waals surface area (Å²) in [6.07, 6.45) is 1.72. The highest BCUT2D eigenvalue weighted by molar-refractivity contribution is 7.98. The molecule has 0 aliphatic carbocycles. The Labute approximate surface area is 150 Å². The van der Waals surface area contributed by atoms with Gasteiger partial charge < -0.3 is 4.74 Å². The lowest BCUT2D eigenvalue weighted by Gasteiger charge is -2.00. The van der Waals surface area contributed by atoms with Crippen LogP contribution in [0.4, 0.5) is 0 Å². The van der Waals surface area contributed by atoms with Crippen LogP contribution < -0.4 is 10.3 Å². The lowest BCUT2D eigenvalue weighted by Crippen LogP contribution is -2.12. The SMILES string of the molecule is COc1ccc(-c2nc(SCc3cc(=O)n4ccsc4n3)n[nH]2)cc1. The van der Waals surface area contributed by atoms with Crippen molar-refractivity contribution in [3.05, 3.63) is 58.0 Å². The lowest BCUT2D eigenvalue weighted by molar-refractivity contribution is 0.415. The van der Waals surface area contributed by atoms with Gasteiger partial charge in [0, 0.05) is 29.0 Å². The third-order valence-electron chi connectivity index (χ3n) is 3.53. The molecule has 7 nitrogen and oxygen atoms in total. The van der Waals surface area contributed by atoms with Gasteiger partial charge in [-0.3, -0.25) is 14.3 Å². The van der Waals surface area contributed by atoms with E-state index in [-0.39, 0.29) is 5.56 Å². The summed E-state index contributed by atoms with van der Waals surface area (Å²) < 4.78 is 6.68.